The van der Waals surface area contributed by atoms with E-state index in [0.29, 0.717) is 38.8 Å². The number of carbonyl (C=O) groups excluding carboxylic acids is 17. The minimum Gasteiger partial charge on any atom is -0.469 e. The fourth-order valence-electron chi connectivity index (χ4n) is 16.3. The Balaban J connectivity index is 0.000000600. The van der Waals surface area contributed by atoms with Crippen LogP contribution in [0.15, 0.2) is 103 Å². The molecule has 6 aliphatic heterocycles. The molecule has 0 spiro atoms. The Kier molecular flexibility index (Phi) is 54.6. The van der Waals surface area contributed by atoms with Gasteiger partial charge in [-0.1, -0.05) is 97.1 Å². The molecule has 6 saturated heterocycles. The molecule has 0 aliphatic carbocycles. The number of hydrogen-bond donors (Lipinski definition) is 1. The van der Waals surface area contributed by atoms with Crippen LogP contribution in [0.5, 0.6) is 0 Å². The standard InChI is InChI=1S/C22H21O2P.C21H36N2O8.C21H34N2O8.C17H28N2O7.C12H21NO4.C10H15NO3.CH3.Pd/c1-2-24-22(23)18-25(19-12-6-3-7-13-19,20-14-8-4-9-15-20)21-16-10-5-11-17-21;2*1-9-29-15(24)11-10-14-16(17(25)28-8)23(19(27)31-21(5,6)7)13-12-22(14)18(26)30-20(2,3)4;1-16(2,3)25-14(22)18-8-9-19(15(23)26-17(4,5)6)12(11(18)10-20)13(21)24-7;1-3-17-11(14)7-6-10-9(12(15)16-2)5-4-8-13-10;1-14-10(13)7-3-2-6-11-8(7)4-5-9(11)12;;/h3-18H,2H2,1H3;14,16H,9-13H2,1-8H3;10-11,14,16H,9,12-13H2,1-8H3;10-12H,8-9H2,1-7H3;9-10,13H,3-8H2,1-2H3;7-8H,2-6H2,1H3;1H3;/q;;;;;;-1;/b;;11-10+;;;;;/t;2*14-,16?;11-,12?;9?,10-;7-,8+;;/m.00001../s1. The number of nitrogens with zero attached hydrogens (tertiary/aromatic N) is 7. The maximum absolute atomic E-state index is 12.9. The molecule has 6 heterocycles. The van der Waals surface area contributed by atoms with Gasteiger partial charge in [0.15, 0.2) is 18.1 Å². The van der Waals surface area contributed by atoms with Gasteiger partial charge in [-0.25, -0.2) is 52.7 Å². The van der Waals surface area contributed by atoms with E-state index in [0.717, 1.165) is 84.1 Å². The molecule has 0 bridgehead atoms. The summed E-state index contributed by atoms with van der Waals surface area (Å²) in [4.78, 5) is 217. The van der Waals surface area contributed by atoms with Gasteiger partial charge in [-0.3, -0.25) is 48.5 Å². The fourth-order valence-corrected chi connectivity index (χ4v) is 19.9. The normalized spacial score (nSPS) is 19.8. The number of benzene rings is 3. The molecule has 42 heteroatoms. The van der Waals surface area contributed by atoms with Crippen LogP contribution in [0.4, 0.5) is 28.8 Å². The van der Waals surface area contributed by atoms with Crippen LogP contribution in [0.1, 0.15) is 217 Å². The number of methoxy groups -OCH3 is 5. The molecule has 7 amide bonds. The summed E-state index contributed by atoms with van der Waals surface area (Å²) in [5.41, 5.74) is -4.66. The number of amides is 7. The Labute approximate surface area is 874 Å². The average Bonchev–Trinajstić information content (AvgIpc) is 0.830. The van der Waals surface area contributed by atoms with Gasteiger partial charge in [-0.05, 0) is 227 Å². The van der Waals surface area contributed by atoms with Crippen molar-refractivity contribution in [2.75, 3.05) is 114 Å². The summed E-state index contributed by atoms with van der Waals surface area (Å²) < 4.78 is 76.5. The molecule has 1 N–H and O–H groups in total. The van der Waals surface area contributed by atoms with Crippen LogP contribution in [0.25, 0.3) is 0 Å². The molecule has 3 aromatic carbocycles. The largest absolute Gasteiger partial charge is 0.469 e. The molecular weight excluding hydrogens is 2010 g/mol. The molecule has 3 aromatic rings. The zero-order valence-corrected chi connectivity index (χ0v) is 92.7. The van der Waals surface area contributed by atoms with Gasteiger partial charge >= 0.3 is 90.3 Å². The number of hydrogen-bond acceptors (Lipinski definition) is 33. The van der Waals surface area contributed by atoms with Crippen LogP contribution >= 0.6 is 6.89 Å². The van der Waals surface area contributed by atoms with E-state index in [4.69, 9.17) is 71.1 Å². The van der Waals surface area contributed by atoms with E-state index in [1.54, 1.807) is 151 Å². The Bertz CT molecular complexity index is 4730. The van der Waals surface area contributed by atoms with E-state index >= 15 is 0 Å². The van der Waals surface area contributed by atoms with Crippen molar-refractivity contribution in [3.8, 4) is 0 Å². The van der Waals surface area contributed by atoms with E-state index in [2.05, 4.69) is 41.7 Å². The Morgan fingerprint density at radius 1 is 0.384 bits per heavy atom. The third-order valence-corrected chi connectivity index (χ3v) is 26.1. The van der Waals surface area contributed by atoms with Crippen molar-refractivity contribution in [3.05, 3.63) is 111 Å². The zero-order valence-electron chi connectivity index (χ0n) is 90.3. The number of fused-ring (bicyclic) bond motifs is 1. The number of piperidine rings is 2. The molecule has 9 rings (SSSR count). The number of ether oxygens (including phenoxy) is 15. The van der Waals surface area contributed by atoms with Gasteiger partial charge < -0.3 is 98.4 Å². The predicted octanol–water partition coefficient (Wildman–Crippen LogP) is 12.0. The van der Waals surface area contributed by atoms with E-state index in [9.17, 15) is 81.5 Å². The van der Waals surface area contributed by atoms with Gasteiger partial charge in [0.05, 0.1) is 85.9 Å². The van der Waals surface area contributed by atoms with Crippen LogP contribution in [-0.2, 0) is 144 Å². The zero-order chi connectivity index (χ0) is 109. The SMILES string of the molecule is CCOC(=O)/C=C/[C@H]1C(C(=O)OC)N(C(=O)OC(C)(C)C)CCN1C(=O)OC(C)(C)C.CCOC(=O)C=P(c1ccccc1)(c1ccccc1)c1ccccc1.CCOC(=O)CC[C@@H]1NCCCC1C(=O)OC.CCOC(=O)CC[C@H]1C(C(=O)OC)N(C(=O)OC(C)(C)C)CCN1C(=O)OC(C)(C)C.COC(=O)C1[C@H](C=O)N(C(=O)OC(C)(C)C)CCN1C(=O)OC(C)(C)C.COC(=O)[C@@H]1CCCN2C(=O)CC[C@@H]12.[CH3-].[Pd]. The number of nitrogens with one attached hydrogen (secondary N) is 1. The third kappa shape index (κ3) is 41.9. The second-order valence-electron chi connectivity index (χ2n) is 39.8. The Hall–Kier alpha value is -11.7. The van der Waals surface area contributed by atoms with Crippen molar-refractivity contribution in [1.29, 1.82) is 0 Å². The van der Waals surface area contributed by atoms with E-state index in [-0.39, 0.29) is 147 Å². The quantitative estimate of drug-likeness (QED) is 0.0186. The van der Waals surface area contributed by atoms with Crippen LogP contribution in [0.3, 0.4) is 0 Å². The van der Waals surface area contributed by atoms with E-state index in [1.165, 1.54) is 54.1 Å². The van der Waals surface area contributed by atoms with Crippen molar-refractivity contribution >= 4 is 131 Å². The third-order valence-electron chi connectivity index (χ3n) is 22.2. The number of carbonyl (C=O) groups is 17. The van der Waals surface area contributed by atoms with Crippen molar-refractivity contribution in [2.24, 2.45) is 11.8 Å². The first-order valence-electron chi connectivity index (χ1n) is 48.5. The minimum atomic E-state index is -2.24. The molecule has 146 heavy (non-hydrogen) atoms. The summed E-state index contributed by atoms with van der Waals surface area (Å²) in [6.07, 6.45) is 4.60. The number of rotatable bonds is 22. The van der Waals surface area contributed by atoms with Crippen LogP contribution in [0, 0.1) is 19.3 Å². The van der Waals surface area contributed by atoms with Crippen molar-refractivity contribution in [1.82, 2.24) is 39.6 Å². The van der Waals surface area contributed by atoms with Gasteiger partial charge in [0.1, 0.15) is 45.9 Å². The van der Waals surface area contributed by atoms with Gasteiger partial charge in [0, 0.05) is 109 Å². The van der Waals surface area contributed by atoms with Crippen molar-refractivity contribution in [2.45, 2.75) is 298 Å². The second-order valence-corrected chi connectivity index (χ2v) is 43.1. The monoisotopic (exact) mass is 2170 g/mol. The molecule has 40 nitrogen and oxygen atoms in total. The second kappa shape index (κ2) is 61.2. The molecule has 6 aliphatic rings. The van der Waals surface area contributed by atoms with E-state index < -0.39 is 143 Å². The minimum absolute atomic E-state index is 0. The maximum Gasteiger partial charge on any atom is 0.411 e. The van der Waals surface area contributed by atoms with Crippen LogP contribution in [-0.4, -0.2) is 339 Å². The average molecular weight is 2170 g/mol. The first kappa shape index (κ1) is 130. The predicted molar refractivity (Wildman–Crippen MR) is 540 cm³/mol. The Morgan fingerprint density at radius 3 is 1.08 bits per heavy atom. The van der Waals surface area contributed by atoms with Gasteiger partial charge in [0.2, 0.25) is 5.91 Å². The summed E-state index contributed by atoms with van der Waals surface area (Å²) in [5.74, 6) is -2.46. The molecular formula is C104H158N8O32PPd-. The van der Waals surface area contributed by atoms with Crippen LogP contribution < -0.4 is 21.2 Å². The molecule has 0 saturated carbocycles. The molecule has 6 fully saturated rings. The first-order valence-corrected chi connectivity index (χ1v) is 50.3. The van der Waals surface area contributed by atoms with E-state index in [1.807, 2.05) is 66.4 Å². The maximum atomic E-state index is 12.9. The first-order chi connectivity index (χ1) is 67.4. The summed E-state index contributed by atoms with van der Waals surface area (Å²) in [6, 6.07) is 24.0. The molecule has 0 aromatic heterocycles. The summed E-state index contributed by atoms with van der Waals surface area (Å²) in [5, 5.41) is 6.69. The van der Waals surface area contributed by atoms with Crippen molar-refractivity contribution in [3.63, 3.8) is 0 Å². The topological polar surface area (TPSA) is 463 Å². The number of piperazine rings is 3. The molecule has 10 atom stereocenters. The molecule has 822 valence electrons. The summed E-state index contributed by atoms with van der Waals surface area (Å²) >= 11 is 0. The number of esters is 9. The number of aldehydes is 1. The Morgan fingerprint density at radius 2 is 0.705 bits per heavy atom. The van der Waals surface area contributed by atoms with Gasteiger partial charge in [0.25, 0.3) is 0 Å². The molecule has 0 radical (unpaired) electrons. The van der Waals surface area contributed by atoms with Crippen LogP contribution in [0.2, 0.25) is 0 Å². The summed E-state index contributed by atoms with van der Waals surface area (Å²) in [7, 11) is 6.33. The molecule has 4 unspecified atom stereocenters. The van der Waals surface area contributed by atoms with Gasteiger partial charge in [-0.2, -0.15) is 0 Å². The summed E-state index contributed by atoms with van der Waals surface area (Å²) in [6.45, 7) is 38.5. The van der Waals surface area contributed by atoms with Gasteiger partial charge in [-0.15, -0.1) is 0 Å². The smallest absolute Gasteiger partial charge is 0.411 e. The van der Waals surface area contributed by atoms with Crippen molar-refractivity contribution < 1.29 is 173 Å². The fraction of sp³-hybridized carbons (Fsp3) is 0.625.